The maximum Gasteiger partial charge on any atom is 0.274 e. The van der Waals surface area contributed by atoms with Gasteiger partial charge in [0.1, 0.15) is 5.69 Å². The lowest BCUT2D eigenvalue weighted by Gasteiger charge is -2.36. The molecule has 1 aromatic carbocycles. The van der Waals surface area contributed by atoms with E-state index in [0.717, 1.165) is 43.5 Å². The van der Waals surface area contributed by atoms with Crippen molar-refractivity contribution in [3.8, 4) is 0 Å². The molecule has 0 radical (unpaired) electrons. The van der Waals surface area contributed by atoms with Crippen molar-refractivity contribution < 1.29 is 4.79 Å². The van der Waals surface area contributed by atoms with Crippen LogP contribution in [0.1, 0.15) is 58.3 Å². The minimum atomic E-state index is 0.0960. The summed E-state index contributed by atoms with van der Waals surface area (Å²) in [6.07, 6.45) is 6.30. The van der Waals surface area contributed by atoms with E-state index in [1.807, 2.05) is 5.38 Å². The van der Waals surface area contributed by atoms with Gasteiger partial charge in [0.25, 0.3) is 5.91 Å². The van der Waals surface area contributed by atoms with Gasteiger partial charge in [-0.1, -0.05) is 24.3 Å². The van der Waals surface area contributed by atoms with Crippen molar-refractivity contribution in [3.05, 3.63) is 51.5 Å². The van der Waals surface area contributed by atoms with Crippen LogP contribution in [-0.4, -0.2) is 28.4 Å². The van der Waals surface area contributed by atoms with Crippen LogP contribution in [0.4, 0.5) is 0 Å². The van der Waals surface area contributed by atoms with Crippen molar-refractivity contribution in [2.75, 3.05) is 6.54 Å². The first-order valence-corrected chi connectivity index (χ1v) is 9.71. The Morgan fingerprint density at radius 3 is 2.92 bits per heavy atom. The van der Waals surface area contributed by atoms with E-state index in [0.29, 0.717) is 18.3 Å². The number of aromatic nitrogens is 1. The number of fused-ring (bicyclic) bond motifs is 1. The van der Waals surface area contributed by atoms with Crippen molar-refractivity contribution in [1.29, 1.82) is 0 Å². The summed E-state index contributed by atoms with van der Waals surface area (Å²) in [7, 11) is 0. The van der Waals surface area contributed by atoms with E-state index in [1.54, 1.807) is 11.3 Å². The van der Waals surface area contributed by atoms with Crippen LogP contribution in [0.15, 0.2) is 29.6 Å². The molecule has 0 bridgehead atoms. The molecule has 2 aromatic rings. The maximum atomic E-state index is 13.2. The van der Waals surface area contributed by atoms with Crippen LogP contribution in [0, 0.1) is 0 Å². The number of aryl methyl sites for hydroxylation is 1. The van der Waals surface area contributed by atoms with E-state index in [1.165, 1.54) is 11.1 Å². The van der Waals surface area contributed by atoms with Crippen LogP contribution in [0.5, 0.6) is 0 Å². The first-order chi connectivity index (χ1) is 11.8. The molecule has 4 rings (SSSR count). The Labute approximate surface area is 146 Å². The average molecular weight is 341 g/mol. The number of thiazole rings is 1. The summed E-state index contributed by atoms with van der Waals surface area (Å²) in [5.41, 5.74) is 8.93. The van der Waals surface area contributed by atoms with Gasteiger partial charge in [0.05, 0.1) is 11.0 Å². The van der Waals surface area contributed by atoms with Crippen LogP contribution in [-0.2, 0) is 12.8 Å². The van der Waals surface area contributed by atoms with Gasteiger partial charge in [0, 0.05) is 17.8 Å². The molecule has 1 fully saturated rings. The van der Waals surface area contributed by atoms with E-state index in [9.17, 15) is 4.79 Å². The Bertz CT molecular complexity index is 738. The van der Waals surface area contributed by atoms with Gasteiger partial charge in [0.2, 0.25) is 0 Å². The minimum Gasteiger partial charge on any atom is -0.330 e. The second-order valence-corrected chi connectivity index (χ2v) is 7.66. The number of nitrogens with zero attached hydrogens (tertiary/aromatic N) is 2. The van der Waals surface area contributed by atoms with Crippen molar-refractivity contribution in [2.24, 2.45) is 5.73 Å². The zero-order chi connectivity index (χ0) is 16.5. The lowest BCUT2D eigenvalue weighted by Crippen LogP contribution is -2.38. The Balaban J connectivity index is 1.64. The SMILES string of the molecule is NCCc1nc(C(=O)N(C2CC2)C2CCCc3ccccc32)cs1. The van der Waals surface area contributed by atoms with Gasteiger partial charge >= 0.3 is 0 Å². The predicted molar refractivity (Wildman–Crippen MR) is 96.2 cm³/mol. The molecule has 2 N–H and O–H groups in total. The molecular formula is C19H23N3OS. The van der Waals surface area contributed by atoms with Crippen LogP contribution in [0.2, 0.25) is 0 Å². The number of hydrogen-bond donors (Lipinski definition) is 1. The highest BCUT2D eigenvalue weighted by Crippen LogP contribution is 2.41. The van der Waals surface area contributed by atoms with Crippen molar-refractivity contribution in [1.82, 2.24) is 9.88 Å². The lowest BCUT2D eigenvalue weighted by atomic mass is 9.86. The fourth-order valence-electron chi connectivity index (χ4n) is 3.71. The molecule has 0 aliphatic heterocycles. The summed E-state index contributed by atoms with van der Waals surface area (Å²) < 4.78 is 0. The fraction of sp³-hybridized carbons (Fsp3) is 0.474. The summed E-state index contributed by atoms with van der Waals surface area (Å²) in [5, 5.41) is 2.86. The lowest BCUT2D eigenvalue weighted by molar-refractivity contribution is 0.0632. The highest BCUT2D eigenvalue weighted by molar-refractivity contribution is 7.09. The van der Waals surface area contributed by atoms with Gasteiger partial charge in [-0.3, -0.25) is 4.79 Å². The summed E-state index contributed by atoms with van der Waals surface area (Å²) in [4.78, 5) is 19.8. The van der Waals surface area contributed by atoms with Crippen molar-refractivity contribution >= 4 is 17.2 Å². The van der Waals surface area contributed by atoms with Crippen molar-refractivity contribution in [3.63, 3.8) is 0 Å². The van der Waals surface area contributed by atoms with E-state index in [-0.39, 0.29) is 11.9 Å². The van der Waals surface area contributed by atoms with Gasteiger partial charge in [-0.25, -0.2) is 4.98 Å². The molecule has 5 heteroatoms. The molecule has 1 aromatic heterocycles. The molecule has 0 saturated heterocycles. The minimum absolute atomic E-state index is 0.0960. The highest BCUT2D eigenvalue weighted by Gasteiger charge is 2.40. The first-order valence-electron chi connectivity index (χ1n) is 8.83. The molecule has 1 heterocycles. The first kappa shape index (κ1) is 15.8. The molecule has 2 aliphatic carbocycles. The number of carbonyl (C=O) groups excluding carboxylic acids is 1. The second-order valence-electron chi connectivity index (χ2n) is 6.72. The van der Waals surface area contributed by atoms with Crippen LogP contribution >= 0.6 is 11.3 Å². The Hall–Kier alpha value is -1.72. The number of hydrogen-bond acceptors (Lipinski definition) is 4. The summed E-state index contributed by atoms with van der Waals surface area (Å²) in [6.45, 7) is 0.573. The zero-order valence-electron chi connectivity index (χ0n) is 13.8. The van der Waals surface area contributed by atoms with Gasteiger partial charge in [0.15, 0.2) is 0 Å². The summed E-state index contributed by atoms with van der Waals surface area (Å²) >= 11 is 1.55. The number of benzene rings is 1. The van der Waals surface area contributed by atoms with Gasteiger partial charge in [-0.2, -0.15) is 0 Å². The van der Waals surface area contributed by atoms with Gasteiger partial charge in [-0.05, 0) is 49.8 Å². The standard InChI is InChI=1S/C19H23N3OS/c20-11-10-18-21-16(12-24-18)19(23)22(14-8-9-14)17-7-3-5-13-4-1-2-6-15(13)17/h1-2,4,6,12,14,17H,3,5,7-11,20H2. The molecule has 24 heavy (non-hydrogen) atoms. The molecule has 4 nitrogen and oxygen atoms in total. The van der Waals surface area contributed by atoms with E-state index < -0.39 is 0 Å². The molecule has 0 spiro atoms. The zero-order valence-corrected chi connectivity index (χ0v) is 14.6. The van der Waals surface area contributed by atoms with Crippen LogP contribution in [0.25, 0.3) is 0 Å². The second kappa shape index (κ2) is 6.65. The number of rotatable bonds is 5. The molecule has 1 amide bonds. The highest BCUT2D eigenvalue weighted by atomic mass is 32.1. The van der Waals surface area contributed by atoms with E-state index >= 15 is 0 Å². The third kappa shape index (κ3) is 2.98. The Kier molecular flexibility index (Phi) is 4.37. The van der Waals surface area contributed by atoms with E-state index in [4.69, 9.17) is 5.73 Å². The third-order valence-corrected chi connectivity index (χ3v) is 5.89. The van der Waals surface area contributed by atoms with Crippen LogP contribution < -0.4 is 5.73 Å². The van der Waals surface area contributed by atoms with Gasteiger partial charge < -0.3 is 10.6 Å². The topological polar surface area (TPSA) is 59.2 Å². The normalized spacial score (nSPS) is 19.8. The molecule has 126 valence electrons. The maximum absolute atomic E-state index is 13.2. The number of nitrogens with two attached hydrogens (primary N) is 1. The molecule has 1 atom stereocenters. The predicted octanol–water partition coefficient (Wildman–Crippen LogP) is 3.33. The molecular weight excluding hydrogens is 318 g/mol. The number of amides is 1. The molecule has 1 saturated carbocycles. The molecule has 1 unspecified atom stereocenters. The molecule has 2 aliphatic rings. The number of carbonyl (C=O) groups is 1. The quantitative estimate of drug-likeness (QED) is 0.907. The average Bonchev–Trinajstić information content (AvgIpc) is 3.33. The summed E-state index contributed by atoms with van der Waals surface area (Å²) in [6, 6.07) is 9.18. The Morgan fingerprint density at radius 2 is 2.12 bits per heavy atom. The van der Waals surface area contributed by atoms with Crippen molar-refractivity contribution in [2.45, 2.75) is 50.6 Å². The fourth-order valence-corrected chi connectivity index (χ4v) is 4.50. The Morgan fingerprint density at radius 1 is 1.29 bits per heavy atom. The van der Waals surface area contributed by atoms with E-state index in [2.05, 4.69) is 34.1 Å². The third-order valence-electron chi connectivity index (χ3n) is 4.98. The summed E-state index contributed by atoms with van der Waals surface area (Å²) in [5.74, 6) is 0.0960. The van der Waals surface area contributed by atoms with Gasteiger partial charge in [-0.15, -0.1) is 11.3 Å². The largest absolute Gasteiger partial charge is 0.330 e. The monoisotopic (exact) mass is 341 g/mol. The smallest absolute Gasteiger partial charge is 0.274 e. The van der Waals surface area contributed by atoms with Crippen LogP contribution in [0.3, 0.4) is 0 Å².